The number of H-pyrrole nitrogens is 1. The Labute approximate surface area is 148 Å². The van der Waals surface area contributed by atoms with Crippen LogP contribution in [0.25, 0.3) is 0 Å². The molecule has 7 heteroatoms. The summed E-state index contributed by atoms with van der Waals surface area (Å²) >= 11 is 0. The number of hydrogen-bond donors (Lipinski definition) is 2. The fraction of sp³-hybridized carbons (Fsp3) is 0.611. The lowest BCUT2D eigenvalue weighted by Crippen LogP contribution is -2.30. The van der Waals surface area contributed by atoms with Gasteiger partial charge in [0.2, 0.25) is 0 Å². The average molecular weight is 344 g/mol. The molecule has 0 spiro atoms. The molecule has 3 heterocycles. The van der Waals surface area contributed by atoms with Gasteiger partial charge in [0.15, 0.2) is 0 Å². The van der Waals surface area contributed by atoms with Crippen LogP contribution in [-0.4, -0.2) is 49.9 Å². The first-order chi connectivity index (χ1) is 12.0. The molecule has 136 valence electrons. The maximum atomic E-state index is 12.4. The minimum Gasteiger partial charge on any atom is -0.350 e. The fourth-order valence-corrected chi connectivity index (χ4v) is 3.37. The van der Waals surface area contributed by atoms with E-state index in [-0.39, 0.29) is 5.91 Å². The van der Waals surface area contributed by atoms with Crippen molar-refractivity contribution in [1.29, 1.82) is 0 Å². The molecule has 0 saturated carbocycles. The van der Waals surface area contributed by atoms with Gasteiger partial charge in [-0.25, -0.2) is 0 Å². The van der Waals surface area contributed by atoms with Gasteiger partial charge in [0, 0.05) is 37.9 Å². The zero-order chi connectivity index (χ0) is 18.0. The molecule has 0 radical (unpaired) electrons. The number of rotatable bonds is 5. The zero-order valence-electron chi connectivity index (χ0n) is 15.6. The third kappa shape index (κ3) is 3.92. The minimum absolute atomic E-state index is 0.101. The van der Waals surface area contributed by atoms with E-state index in [2.05, 4.69) is 39.4 Å². The molecule has 0 atom stereocenters. The Hall–Kier alpha value is -2.15. The molecule has 0 aromatic carbocycles. The van der Waals surface area contributed by atoms with E-state index in [0.717, 1.165) is 49.6 Å². The van der Waals surface area contributed by atoms with Crippen molar-refractivity contribution < 1.29 is 4.79 Å². The van der Waals surface area contributed by atoms with Crippen molar-refractivity contribution in [2.75, 3.05) is 13.1 Å². The number of aryl methyl sites for hydroxylation is 3. The lowest BCUT2D eigenvalue weighted by Gasteiger charge is -2.23. The molecule has 1 aliphatic heterocycles. The topological polar surface area (TPSA) is 78.8 Å². The largest absolute Gasteiger partial charge is 0.350 e. The molecule has 0 aliphatic carbocycles. The summed E-state index contributed by atoms with van der Waals surface area (Å²) < 4.78 is 1.99. The Balaban J connectivity index is 1.61. The van der Waals surface area contributed by atoms with Crippen LogP contribution in [0.3, 0.4) is 0 Å². The van der Waals surface area contributed by atoms with E-state index in [4.69, 9.17) is 0 Å². The Bertz CT molecular complexity index is 725. The monoisotopic (exact) mass is 344 g/mol. The van der Waals surface area contributed by atoms with Crippen LogP contribution in [0.5, 0.6) is 0 Å². The number of aromatic amines is 1. The molecule has 0 unspecified atom stereocenters. The first-order valence-electron chi connectivity index (χ1n) is 9.05. The number of amides is 1. The molecule has 0 saturated heterocycles. The van der Waals surface area contributed by atoms with Gasteiger partial charge in [-0.15, -0.1) is 0 Å². The molecule has 1 aliphatic rings. The van der Waals surface area contributed by atoms with Crippen LogP contribution in [-0.2, 0) is 19.5 Å². The Morgan fingerprint density at radius 2 is 2.16 bits per heavy atom. The quantitative estimate of drug-likeness (QED) is 0.867. The van der Waals surface area contributed by atoms with Gasteiger partial charge < -0.3 is 5.32 Å². The normalized spacial score (nSPS) is 15.2. The summed E-state index contributed by atoms with van der Waals surface area (Å²) in [6.07, 6.45) is 1.83. The molecule has 25 heavy (non-hydrogen) atoms. The molecule has 7 nitrogen and oxygen atoms in total. The maximum Gasteiger partial charge on any atom is 0.271 e. The number of nitrogens with zero attached hydrogens (tertiary/aromatic N) is 4. The van der Waals surface area contributed by atoms with Gasteiger partial charge >= 0.3 is 0 Å². The SMILES string of the molecule is Cc1n[nH]c(C)c1CCNC(=O)c1cc2n(n1)CCCN(C(C)C)C2. The highest BCUT2D eigenvalue weighted by Gasteiger charge is 2.20. The highest BCUT2D eigenvalue weighted by molar-refractivity contribution is 5.92. The van der Waals surface area contributed by atoms with Gasteiger partial charge in [0.1, 0.15) is 5.69 Å². The Kier molecular flexibility index (Phi) is 5.22. The number of fused-ring (bicyclic) bond motifs is 1. The van der Waals surface area contributed by atoms with Crippen molar-refractivity contribution >= 4 is 5.91 Å². The summed E-state index contributed by atoms with van der Waals surface area (Å²) in [5.74, 6) is -0.101. The van der Waals surface area contributed by atoms with Crippen LogP contribution in [0, 0.1) is 13.8 Å². The molecular formula is C18H28N6O. The van der Waals surface area contributed by atoms with Gasteiger partial charge in [-0.1, -0.05) is 0 Å². The van der Waals surface area contributed by atoms with Crippen LogP contribution < -0.4 is 5.32 Å². The standard InChI is InChI=1S/C18H28N6O/c1-12(2)23-8-5-9-24-15(11-23)10-17(22-24)18(25)19-7-6-16-13(3)20-21-14(16)4/h10,12H,5-9,11H2,1-4H3,(H,19,25)(H,20,21). The first-order valence-corrected chi connectivity index (χ1v) is 9.05. The van der Waals surface area contributed by atoms with Gasteiger partial charge in [-0.2, -0.15) is 10.2 Å². The van der Waals surface area contributed by atoms with Gasteiger partial charge in [0.25, 0.3) is 5.91 Å². The third-order valence-corrected chi connectivity index (χ3v) is 4.95. The second kappa shape index (κ2) is 7.39. The number of hydrogen-bond acceptors (Lipinski definition) is 4. The van der Waals surface area contributed by atoms with Gasteiger partial charge in [0.05, 0.1) is 11.4 Å². The second-order valence-corrected chi connectivity index (χ2v) is 7.08. The summed E-state index contributed by atoms with van der Waals surface area (Å²) in [5, 5.41) is 14.7. The van der Waals surface area contributed by atoms with E-state index in [0.29, 0.717) is 18.3 Å². The predicted octanol–water partition coefficient (Wildman–Crippen LogP) is 1.81. The molecule has 2 aromatic rings. The molecule has 0 fully saturated rings. The van der Waals surface area contributed by atoms with E-state index >= 15 is 0 Å². The fourth-order valence-electron chi connectivity index (χ4n) is 3.37. The number of carbonyl (C=O) groups excluding carboxylic acids is 1. The zero-order valence-corrected chi connectivity index (χ0v) is 15.6. The molecule has 1 amide bonds. The Morgan fingerprint density at radius 3 is 2.84 bits per heavy atom. The molecular weight excluding hydrogens is 316 g/mol. The molecule has 2 aromatic heterocycles. The molecule has 2 N–H and O–H groups in total. The van der Waals surface area contributed by atoms with Crippen molar-refractivity contribution in [2.24, 2.45) is 0 Å². The lowest BCUT2D eigenvalue weighted by molar-refractivity contribution is 0.0948. The van der Waals surface area contributed by atoms with Crippen molar-refractivity contribution in [3.63, 3.8) is 0 Å². The van der Waals surface area contributed by atoms with Crippen LogP contribution in [0.4, 0.5) is 0 Å². The summed E-state index contributed by atoms with van der Waals surface area (Å²) in [6, 6.07) is 2.44. The van der Waals surface area contributed by atoms with Crippen molar-refractivity contribution in [3.8, 4) is 0 Å². The smallest absolute Gasteiger partial charge is 0.271 e. The molecule has 3 rings (SSSR count). The van der Waals surface area contributed by atoms with E-state index in [1.807, 2.05) is 24.6 Å². The number of carbonyl (C=O) groups is 1. The Morgan fingerprint density at radius 1 is 1.36 bits per heavy atom. The number of aromatic nitrogens is 4. The van der Waals surface area contributed by atoms with Crippen molar-refractivity contribution in [1.82, 2.24) is 30.2 Å². The van der Waals surface area contributed by atoms with Gasteiger partial charge in [-0.05, 0) is 52.2 Å². The summed E-state index contributed by atoms with van der Waals surface area (Å²) in [6.45, 7) is 11.8. The number of nitrogens with one attached hydrogen (secondary N) is 2. The first kappa shape index (κ1) is 17.7. The second-order valence-electron chi connectivity index (χ2n) is 7.08. The maximum absolute atomic E-state index is 12.4. The van der Waals surface area contributed by atoms with Crippen LogP contribution >= 0.6 is 0 Å². The highest BCUT2D eigenvalue weighted by Crippen LogP contribution is 2.16. The third-order valence-electron chi connectivity index (χ3n) is 4.95. The van der Waals surface area contributed by atoms with Gasteiger partial charge in [-0.3, -0.25) is 19.5 Å². The van der Waals surface area contributed by atoms with Crippen LogP contribution in [0.2, 0.25) is 0 Å². The van der Waals surface area contributed by atoms with Crippen LogP contribution in [0.1, 0.15) is 53.4 Å². The molecule has 0 bridgehead atoms. The summed E-state index contributed by atoms with van der Waals surface area (Å²) in [7, 11) is 0. The van der Waals surface area contributed by atoms with Crippen molar-refractivity contribution in [3.05, 3.63) is 34.4 Å². The van der Waals surface area contributed by atoms with E-state index in [1.54, 1.807) is 0 Å². The van der Waals surface area contributed by atoms with E-state index in [1.165, 1.54) is 5.56 Å². The summed E-state index contributed by atoms with van der Waals surface area (Å²) in [5.41, 5.74) is 4.87. The van der Waals surface area contributed by atoms with E-state index < -0.39 is 0 Å². The minimum atomic E-state index is -0.101. The van der Waals surface area contributed by atoms with Crippen LogP contribution in [0.15, 0.2) is 6.07 Å². The average Bonchev–Trinajstić information content (AvgIpc) is 3.04. The highest BCUT2D eigenvalue weighted by atomic mass is 16.1. The van der Waals surface area contributed by atoms with Crippen molar-refractivity contribution in [2.45, 2.75) is 59.7 Å². The van der Waals surface area contributed by atoms with E-state index in [9.17, 15) is 4.79 Å². The lowest BCUT2D eigenvalue weighted by atomic mass is 10.1. The summed E-state index contributed by atoms with van der Waals surface area (Å²) in [4.78, 5) is 14.9. The predicted molar refractivity (Wildman–Crippen MR) is 96.5 cm³/mol.